The number of benzene rings is 2. The minimum atomic E-state index is -0.356. The number of para-hydroxylation sites is 1. The van der Waals surface area contributed by atoms with Gasteiger partial charge in [0.25, 0.3) is 0 Å². The molecule has 0 saturated heterocycles. The molecule has 0 aromatic heterocycles. The zero-order valence-electron chi connectivity index (χ0n) is 14.7. The fourth-order valence-electron chi connectivity index (χ4n) is 2.48. The lowest BCUT2D eigenvalue weighted by Crippen LogP contribution is -2.33. The fraction of sp³-hybridized carbons (Fsp3) is 0.350. The molecule has 25 heavy (non-hydrogen) atoms. The maximum Gasteiger partial charge on any atom is 0.319 e. The van der Waals surface area contributed by atoms with Crippen LogP contribution in [0.2, 0.25) is 0 Å². The van der Waals surface area contributed by atoms with Gasteiger partial charge in [-0.25, -0.2) is 4.79 Å². The number of nitrogens with one attached hydrogen (secondary N) is 2. The number of urea groups is 1. The van der Waals surface area contributed by atoms with Crippen LogP contribution in [0.1, 0.15) is 25.8 Å². The van der Waals surface area contributed by atoms with Crippen LogP contribution in [0.3, 0.4) is 0 Å². The van der Waals surface area contributed by atoms with Gasteiger partial charge in [-0.15, -0.1) is 0 Å². The number of hydrogen-bond acceptors (Lipinski definition) is 3. The summed E-state index contributed by atoms with van der Waals surface area (Å²) < 4.78 is 5.69. The summed E-state index contributed by atoms with van der Waals surface area (Å²) in [6.45, 7) is 4.75. The van der Waals surface area contributed by atoms with Gasteiger partial charge in [0.15, 0.2) is 0 Å². The van der Waals surface area contributed by atoms with Gasteiger partial charge in [0.05, 0.1) is 6.10 Å². The van der Waals surface area contributed by atoms with E-state index in [2.05, 4.69) is 10.6 Å². The second-order valence-electron chi connectivity index (χ2n) is 6.32. The van der Waals surface area contributed by atoms with Crippen molar-refractivity contribution in [3.63, 3.8) is 0 Å². The van der Waals surface area contributed by atoms with Gasteiger partial charge in [0, 0.05) is 12.2 Å². The Kier molecular flexibility index (Phi) is 7.29. The van der Waals surface area contributed by atoms with E-state index in [0.29, 0.717) is 19.6 Å². The Bertz CT molecular complexity index is 642. The smallest absolute Gasteiger partial charge is 0.319 e. The van der Waals surface area contributed by atoms with Crippen LogP contribution in [0.15, 0.2) is 54.6 Å². The number of rotatable bonds is 8. The van der Waals surface area contributed by atoms with Crippen LogP contribution in [0.5, 0.6) is 5.75 Å². The largest absolute Gasteiger partial charge is 0.489 e. The molecule has 0 saturated carbocycles. The second kappa shape index (κ2) is 9.69. The van der Waals surface area contributed by atoms with Crippen molar-refractivity contribution in [3.05, 3.63) is 60.2 Å². The average Bonchev–Trinajstić information content (AvgIpc) is 2.60. The molecule has 3 N–H and O–H groups in total. The first-order valence-corrected chi connectivity index (χ1v) is 8.52. The molecule has 2 rings (SSSR count). The number of hydrogen-bond donors (Lipinski definition) is 3. The normalized spacial score (nSPS) is 12.9. The van der Waals surface area contributed by atoms with E-state index >= 15 is 0 Å². The van der Waals surface area contributed by atoms with E-state index in [1.54, 1.807) is 6.92 Å². The van der Waals surface area contributed by atoms with Gasteiger partial charge in [-0.3, -0.25) is 0 Å². The van der Waals surface area contributed by atoms with E-state index < -0.39 is 0 Å². The molecule has 0 heterocycles. The molecule has 2 unspecified atom stereocenters. The summed E-state index contributed by atoms with van der Waals surface area (Å²) in [5.41, 5.74) is 1.75. The quantitative estimate of drug-likeness (QED) is 0.683. The molecule has 0 aliphatic carbocycles. The van der Waals surface area contributed by atoms with E-state index in [9.17, 15) is 9.90 Å². The third-order valence-electron chi connectivity index (χ3n) is 3.72. The Morgan fingerprint density at radius 2 is 1.76 bits per heavy atom. The minimum Gasteiger partial charge on any atom is -0.489 e. The van der Waals surface area contributed by atoms with E-state index in [1.807, 2.05) is 61.5 Å². The summed E-state index contributed by atoms with van der Waals surface area (Å²) >= 11 is 0. The number of amides is 2. The Balaban J connectivity index is 1.75. The molecule has 5 heteroatoms. The molecular formula is C20H26N2O3. The van der Waals surface area contributed by atoms with Gasteiger partial charge in [-0.2, -0.15) is 0 Å². The van der Waals surface area contributed by atoms with Gasteiger partial charge in [0.1, 0.15) is 12.4 Å². The van der Waals surface area contributed by atoms with E-state index in [-0.39, 0.29) is 18.1 Å². The molecule has 0 aliphatic rings. The summed E-state index contributed by atoms with van der Waals surface area (Å²) in [5, 5.41) is 14.9. The lowest BCUT2D eigenvalue weighted by molar-refractivity contribution is 0.163. The highest BCUT2D eigenvalue weighted by molar-refractivity contribution is 5.89. The van der Waals surface area contributed by atoms with Crippen molar-refractivity contribution in [2.45, 2.75) is 33.0 Å². The maximum atomic E-state index is 11.9. The van der Waals surface area contributed by atoms with Gasteiger partial charge >= 0.3 is 6.03 Å². The van der Waals surface area contributed by atoms with Crippen molar-refractivity contribution in [3.8, 4) is 5.75 Å². The monoisotopic (exact) mass is 342 g/mol. The zero-order valence-corrected chi connectivity index (χ0v) is 14.7. The lowest BCUT2D eigenvalue weighted by Gasteiger charge is -2.14. The fourth-order valence-corrected chi connectivity index (χ4v) is 2.48. The standard InChI is InChI=1S/C20H26N2O3/c1-15(12-16(2)23)13-21-20(24)22-18-10-8-17(9-11-18)14-25-19-6-4-3-5-7-19/h3-11,15-16,23H,12-14H2,1-2H3,(H2,21,22,24). The number of ether oxygens (including phenoxy) is 1. The van der Waals surface area contributed by atoms with Crippen molar-refractivity contribution in [2.75, 3.05) is 11.9 Å². The predicted molar refractivity (Wildman–Crippen MR) is 99.7 cm³/mol. The van der Waals surface area contributed by atoms with Crippen molar-refractivity contribution in [1.29, 1.82) is 0 Å². The summed E-state index contributed by atoms with van der Waals surface area (Å²) in [6, 6.07) is 17.0. The Morgan fingerprint density at radius 1 is 1.08 bits per heavy atom. The van der Waals surface area contributed by atoms with Crippen LogP contribution in [0.4, 0.5) is 10.5 Å². The number of carbonyl (C=O) groups excluding carboxylic acids is 1. The maximum absolute atomic E-state index is 11.9. The number of anilines is 1. The van der Waals surface area contributed by atoms with Gasteiger partial charge < -0.3 is 20.5 Å². The summed E-state index contributed by atoms with van der Waals surface area (Å²) in [7, 11) is 0. The van der Waals surface area contributed by atoms with Gasteiger partial charge in [-0.05, 0) is 49.1 Å². The SMILES string of the molecule is CC(O)CC(C)CNC(=O)Nc1ccc(COc2ccccc2)cc1. The van der Waals surface area contributed by atoms with Crippen LogP contribution >= 0.6 is 0 Å². The molecule has 2 atom stereocenters. The number of aliphatic hydroxyl groups excluding tert-OH is 1. The Hall–Kier alpha value is -2.53. The van der Waals surface area contributed by atoms with Crippen LogP contribution in [0, 0.1) is 5.92 Å². The van der Waals surface area contributed by atoms with E-state index in [0.717, 1.165) is 17.0 Å². The second-order valence-corrected chi connectivity index (χ2v) is 6.32. The topological polar surface area (TPSA) is 70.6 Å². The molecule has 2 aromatic carbocycles. The molecule has 5 nitrogen and oxygen atoms in total. The van der Waals surface area contributed by atoms with E-state index in [4.69, 9.17) is 4.74 Å². The van der Waals surface area contributed by atoms with Crippen molar-refractivity contribution >= 4 is 11.7 Å². The first-order valence-electron chi connectivity index (χ1n) is 8.52. The van der Waals surface area contributed by atoms with Crippen molar-refractivity contribution in [1.82, 2.24) is 5.32 Å². The van der Waals surface area contributed by atoms with Crippen molar-refractivity contribution < 1.29 is 14.6 Å². The Labute approximate surface area is 149 Å². The van der Waals surface area contributed by atoms with Crippen LogP contribution < -0.4 is 15.4 Å². The van der Waals surface area contributed by atoms with Gasteiger partial charge in [-0.1, -0.05) is 37.3 Å². The molecule has 0 bridgehead atoms. The first-order chi connectivity index (χ1) is 12.0. The molecule has 2 amide bonds. The van der Waals surface area contributed by atoms with Crippen molar-refractivity contribution in [2.24, 2.45) is 5.92 Å². The molecule has 0 radical (unpaired) electrons. The molecule has 0 aliphatic heterocycles. The molecule has 0 spiro atoms. The molecule has 2 aromatic rings. The molecule has 134 valence electrons. The predicted octanol–water partition coefficient (Wildman–Crippen LogP) is 3.79. The van der Waals surface area contributed by atoms with Crippen LogP contribution in [-0.4, -0.2) is 23.8 Å². The number of aliphatic hydroxyl groups is 1. The third kappa shape index (κ3) is 7.27. The highest BCUT2D eigenvalue weighted by atomic mass is 16.5. The molecular weight excluding hydrogens is 316 g/mol. The first kappa shape index (κ1) is 18.8. The highest BCUT2D eigenvalue weighted by Gasteiger charge is 2.08. The van der Waals surface area contributed by atoms with Crippen LogP contribution in [0.25, 0.3) is 0 Å². The lowest BCUT2D eigenvalue weighted by atomic mass is 10.1. The average molecular weight is 342 g/mol. The third-order valence-corrected chi connectivity index (χ3v) is 3.72. The zero-order chi connectivity index (χ0) is 18.1. The summed E-state index contributed by atoms with van der Waals surface area (Å²) in [6.07, 6.45) is 0.307. The summed E-state index contributed by atoms with van der Waals surface area (Å²) in [4.78, 5) is 11.9. The number of carbonyl (C=O) groups is 1. The van der Waals surface area contributed by atoms with Gasteiger partial charge in [0.2, 0.25) is 0 Å². The summed E-state index contributed by atoms with van der Waals surface area (Å²) in [5.74, 6) is 1.05. The van der Waals surface area contributed by atoms with Crippen LogP contribution in [-0.2, 0) is 6.61 Å². The highest BCUT2D eigenvalue weighted by Crippen LogP contribution is 2.14. The minimum absolute atomic E-state index is 0.225. The molecule has 0 fully saturated rings. The Morgan fingerprint density at radius 3 is 2.40 bits per heavy atom. The van der Waals surface area contributed by atoms with E-state index in [1.165, 1.54) is 0 Å².